The van der Waals surface area contributed by atoms with Crippen LogP contribution in [0.1, 0.15) is 81.0 Å². The van der Waals surface area contributed by atoms with Gasteiger partial charge in [-0.25, -0.2) is 9.98 Å². The lowest BCUT2D eigenvalue weighted by atomic mass is 9.79. The van der Waals surface area contributed by atoms with E-state index < -0.39 is 0 Å². The van der Waals surface area contributed by atoms with Crippen LogP contribution in [0.4, 0.5) is 0 Å². The van der Waals surface area contributed by atoms with Crippen molar-refractivity contribution in [1.29, 1.82) is 0 Å². The number of allylic oxidation sites excluding steroid dienone is 16. The maximum atomic E-state index is 5.19. The topological polar surface area (TPSA) is 41.7 Å². The molecular formula is C60H58N4. The van der Waals surface area contributed by atoms with Crippen LogP contribution in [-0.2, 0) is 5.41 Å². The molecule has 2 unspecified atom stereocenters. The molecule has 0 bridgehead atoms. The smallest absolute Gasteiger partial charge is 0.165 e. The van der Waals surface area contributed by atoms with Gasteiger partial charge in [-0.2, -0.15) is 0 Å². The molecule has 3 aliphatic rings. The third-order valence-corrected chi connectivity index (χ3v) is 12.5. The Morgan fingerprint density at radius 3 is 2.38 bits per heavy atom. The Hall–Kier alpha value is -7.30. The van der Waals surface area contributed by atoms with Gasteiger partial charge in [0.2, 0.25) is 0 Å². The summed E-state index contributed by atoms with van der Waals surface area (Å²) >= 11 is 0. The molecule has 2 aliphatic carbocycles. The number of aromatic nitrogens is 1. The molecule has 1 aromatic heterocycles. The fraction of sp³-hybridized carbons (Fsp3) is 0.167. The number of para-hydroxylation sites is 1. The number of amidine groups is 2. The van der Waals surface area contributed by atoms with Crippen molar-refractivity contribution in [3.8, 4) is 5.69 Å². The van der Waals surface area contributed by atoms with E-state index in [-0.39, 0.29) is 17.5 Å². The van der Waals surface area contributed by atoms with Gasteiger partial charge in [0.15, 0.2) is 6.17 Å². The second-order valence-corrected chi connectivity index (χ2v) is 17.0. The predicted octanol–water partition coefficient (Wildman–Crippen LogP) is 14.8. The maximum absolute atomic E-state index is 5.19. The molecule has 2 atom stereocenters. The zero-order valence-electron chi connectivity index (χ0n) is 37.9. The Morgan fingerprint density at radius 2 is 1.61 bits per heavy atom. The minimum absolute atomic E-state index is 0.0442. The van der Waals surface area contributed by atoms with E-state index >= 15 is 0 Å². The summed E-state index contributed by atoms with van der Waals surface area (Å²) in [6.07, 6.45) is 29.4. The van der Waals surface area contributed by atoms with Gasteiger partial charge in [-0.15, -0.1) is 0 Å². The molecule has 2 heterocycles. The van der Waals surface area contributed by atoms with Crippen molar-refractivity contribution < 1.29 is 0 Å². The van der Waals surface area contributed by atoms with Crippen LogP contribution in [0, 0.1) is 5.92 Å². The summed E-state index contributed by atoms with van der Waals surface area (Å²) < 4.78 is 2.41. The highest BCUT2D eigenvalue weighted by atomic mass is 15.2. The van der Waals surface area contributed by atoms with Gasteiger partial charge in [-0.1, -0.05) is 204 Å². The standard InChI is InChI=1S/C60H58N4/c1-9-13-15-27-41(5)57-61-58(43-28-16-14-17-29-43)63-59(62-57)45-31-22-32-46(39-45)64-55-37-21-19-34-51(55)52-35-23-30-44(40-56(52)64)48(25-11-3)47(24-10-2)42(6)38-54-49(26-12-4)50-33-18-20-36-53(50)60(54,7)8/h9-11,13-29,31-40,48,57H,1-2,6,12,30H2,3-5,7-8H3,(H,61,62,63)/b15-13-,25-11?,41-27+,47-24-,49-26-,54-38+. The molecule has 4 aromatic carbocycles. The molecule has 1 N–H and O–H groups in total. The number of fused-ring (bicyclic) bond motifs is 4. The Balaban J connectivity index is 1.23. The Labute approximate surface area is 380 Å². The molecule has 0 saturated carbocycles. The lowest BCUT2D eigenvalue weighted by molar-refractivity contribution is 0.660. The van der Waals surface area contributed by atoms with Gasteiger partial charge < -0.3 is 9.88 Å². The highest BCUT2D eigenvalue weighted by molar-refractivity contribution is 6.16. The second kappa shape index (κ2) is 19.0. The molecule has 4 heteroatoms. The van der Waals surface area contributed by atoms with Gasteiger partial charge in [0.1, 0.15) is 11.7 Å². The van der Waals surface area contributed by atoms with Crippen LogP contribution < -0.4 is 5.32 Å². The first kappa shape index (κ1) is 43.4. The summed E-state index contributed by atoms with van der Waals surface area (Å²) in [5, 5.41) is 4.81. The molecule has 318 valence electrons. The average Bonchev–Trinajstić information content (AvgIpc) is 3.61. The fourth-order valence-electron chi connectivity index (χ4n) is 9.34. The van der Waals surface area contributed by atoms with Crippen LogP contribution in [0.25, 0.3) is 34.3 Å². The zero-order valence-corrected chi connectivity index (χ0v) is 37.9. The summed E-state index contributed by atoms with van der Waals surface area (Å²) in [5.74, 6) is 1.51. The highest BCUT2D eigenvalue weighted by Gasteiger charge is 2.38. The van der Waals surface area contributed by atoms with Crippen molar-refractivity contribution in [2.24, 2.45) is 15.9 Å². The van der Waals surface area contributed by atoms with Gasteiger partial charge >= 0.3 is 0 Å². The maximum Gasteiger partial charge on any atom is 0.165 e. The molecule has 0 saturated heterocycles. The fourth-order valence-corrected chi connectivity index (χ4v) is 9.34. The first-order chi connectivity index (χ1) is 31.2. The number of rotatable bonds is 13. The van der Waals surface area contributed by atoms with Crippen LogP contribution in [0.3, 0.4) is 0 Å². The van der Waals surface area contributed by atoms with Crippen LogP contribution in [0.5, 0.6) is 0 Å². The zero-order chi connectivity index (χ0) is 44.8. The van der Waals surface area contributed by atoms with E-state index in [2.05, 4.69) is 197 Å². The number of nitrogens with zero attached hydrogens (tertiary/aromatic N) is 3. The lowest BCUT2D eigenvalue weighted by Crippen LogP contribution is -2.38. The Bertz CT molecular complexity index is 2960. The largest absolute Gasteiger partial charge is 0.324 e. The van der Waals surface area contributed by atoms with Crippen LogP contribution in [0.15, 0.2) is 228 Å². The minimum atomic E-state index is -0.389. The number of benzene rings is 4. The molecule has 0 spiro atoms. The third kappa shape index (κ3) is 8.44. The molecule has 8 rings (SSSR count). The Kier molecular flexibility index (Phi) is 12.9. The summed E-state index contributed by atoms with van der Waals surface area (Å²) in [6.45, 7) is 23.9. The van der Waals surface area contributed by atoms with Gasteiger partial charge in [0, 0.05) is 39.1 Å². The highest BCUT2D eigenvalue weighted by Crippen LogP contribution is 2.51. The van der Waals surface area contributed by atoms with Gasteiger partial charge in [-0.3, -0.25) is 0 Å². The first-order valence-corrected chi connectivity index (χ1v) is 22.4. The molecule has 0 fully saturated rings. The molecule has 5 aromatic rings. The average molecular weight is 835 g/mol. The van der Waals surface area contributed by atoms with E-state index in [0.29, 0.717) is 0 Å². The van der Waals surface area contributed by atoms with Crippen LogP contribution in [0.2, 0.25) is 0 Å². The Morgan fingerprint density at radius 1 is 0.875 bits per heavy atom. The third-order valence-electron chi connectivity index (χ3n) is 12.5. The lowest BCUT2D eigenvalue weighted by Gasteiger charge is -2.25. The molecule has 1 aliphatic heterocycles. The van der Waals surface area contributed by atoms with Gasteiger partial charge in [0.05, 0.1) is 11.2 Å². The summed E-state index contributed by atoms with van der Waals surface area (Å²) in [6, 6.07) is 36.5. The van der Waals surface area contributed by atoms with E-state index in [1.165, 1.54) is 38.8 Å². The minimum Gasteiger partial charge on any atom is -0.324 e. The molecule has 4 nitrogen and oxygen atoms in total. The number of hydrogen-bond donors (Lipinski definition) is 1. The van der Waals surface area contributed by atoms with E-state index in [1.807, 2.05) is 36.4 Å². The van der Waals surface area contributed by atoms with Gasteiger partial charge in [0.25, 0.3) is 0 Å². The summed E-state index contributed by atoms with van der Waals surface area (Å²) in [7, 11) is 0. The number of hydrogen-bond acceptors (Lipinski definition) is 3. The van der Waals surface area contributed by atoms with Crippen molar-refractivity contribution in [3.63, 3.8) is 0 Å². The van der Waals surface area contributed by atoms with Gasteiger partial charge in [-0.05, 0) is 90.0 Å². The van der Waals surface area contributed by atoms with Crippen molar-refractivity contribution in [2.45, 2.75) is 59.0 Å². The number of aliphatic imine (C=N–C) groups is 2. The van der Waals surface area contributed by atoms with Crippen molar-refractivity contribution in [2.75, 3.05) is 0 Å². The van der Waals surface area contributed by atoms with Crippen molar-refractivity contribution in [1.82, 2.24) is 9.88 Å². The molecule has 0 amide bonds. The van der Waals surface area contributed by atoms with E-state index in [1.54, 1.807) is 6.08 Å². The molecular weight excluding hydrogens is 777 g/mol. The van der Waals surface area contributed by atoms with E-state index in [4.69, 9.17) is 16.6 Å². The second-order valence-electron chi connectivity index (χ2n) is 17.0. The summed E-state index contributed by atoms with van der Waals surface area (Å²) in [4.78, 5) is 10.3. The SMILES string of the molecule is C=C/C=C\C=C(/C)C1N=C(c2ccccc2)NC(c2cccc(-n3c4c(c5ccccc53)C=CCC(C(C=CC)/C(=C\C=C)C(=C)/C=C3\C(=C/CC)c5ccccc5C3(C)C)=C4)c2)=N1. The summed E-state index contributed by atoms with van der Waals surface area (Å²) in [5.41, 5.74) is 16.0. The van der Waals surface area contributed by atoms with Crippen molar-refractivity contribution in [3.05, 3.63) is 251 Å². The monoisotopic (exact) mass is 834 g/mol. The van der Waals surface area contributed by atoms with E-state index in [0.717, 1.165) is 69.3 Å². The van der Waals surface area contributed by atoms with Crippen molar-refractivity contribution >= 4 is 40.3 Å². The molecule has 0 radical (unpaired) electrons. The van der Waals surface area contributed by atoms with Crippen LogP contribution >= 0.6 is 0 Å². The molecule has 64 heavy (non-hydrogen) atoms. The quantitative estimate of drug-likeness (QED) is 0.0932. The van der Waals surface area contributed by atoms with E-state index in [9.17, 15) is 0 Å². The first-order valence-electron chi connectivity index (χ1n) is 22.4. The van der Waals surface area contributed by atoms with Crippen LogP contribution in [-0.4, -0.2) is 22.4 Å². The normalized spacial score (nSPS) is 19.0. The predicted molar refractivity (Wildman–Crippen MR) is 276 cm³/mol. The number of nitrogens with one attached hydrogen (secondary N) is 1.